The number of carbonyl (C=O) groups is 1. The first kappa shape index (κ1) is 22.2. The van der Waals surface area contributed by atoms with Gasteiger partial charge in [0.1, 0.15) is 0 Å². The molecule has 0 radical (unpaired) electrons. The number of anilines is 1. The molecule has 2 aromatic rings. The summed E-state index contributed by atoms with van der Waals surface area (Å²) >= 11 is 0. The summed E-state index contributed by atoms with van der Waals surface area (Å²) in [5, 5.41) is 3.03. The second-order valence-electron chi connectivity index (χ2n) is 8.42. The third-order valence-electron chi connectivity index (χ3n) is 6.14. The molecule has 2 aromatic carbocycles. The fourth-order valence-electron chi connectivity index (χ4n) is 4.27. The molecule has 1 saturated heterocycles. The van der Waals surface area contributed by atoms with Crippen LogP contribution in [0.1, 0.15) is 31.2 Å². The highest BCUT2D eigenvalue weighted by Gasteiger charge is 2.22. The highest BCUT2D eigenvalue weighted by molar-refractivity contribution is 5.89. The SMILES string of the molecule is COc1ccc(NC(=O)N2CCN(CC=Cc3ccccc3)CC2)cc1OC1CCCC1. The van der Waals surface area contributed by atoms with E-state index in [4.69, 9.17) is 9.47 Å². The third-order valence-corrected chi connectivity index (χ3v) is 6.14. The summed E-state index contributed by atoms with van der Waals surface area (Å²) in [5.41, 5.74) is 1.94. The highest BCUT2D eigenvalue weighted by atomic mass is 16.5. The van der Waals surface area contributed by atoms with Gasteiger partial charge in [-0.05, 0) is 43.4 Å². The van der Waals surface area contributed by atoms with E-state index in [1.807, 2.05) is 41.3 Å². The molecule has 0 aromatic heterocycles. The second-order valence-corrected chi connectivity index (χ2v) is 8.42. The maximum absolute atomic E-state index is 12.8. The van der Waals surface area contributed by atoms with Crippen molar-refractivity contribution >= 4 is 17.8 Å². The van der Waals surface area contributed by atoms with Gasteiger partial charge in [-0.3, -0.25) is 4.90 Å². The lowest BCUT2D eigenvalue weighted by atomic mass is 10.2. The number of hydrogen-bond donors (Lipinski definition) is 1. The molecule has 1 aliphatic heterocycles. The van der Waals surface area contributed by atoms with Crippen molar-refractivity contribution < 1.29 is 14.3 Å². The van der Waals surface area contributed by atoms with E-state index in [2.05, 4.69) is 34.5 Å². The summed E-state index contributed by atoms with van der Waals surface area (Å²) in [5.74, 6) is 1.40. The number of benzene rings is 2. The predicted octanol–water partition coefficient (Wildman–Crippen LogP) is 4.88. The average molecular weight is 436 g/mol. The van der Waals surface area contributed by atoms with Gasteiger partial charge in [0.15, 0.2) is 11.5 Å². The van der Waals surface area contributed by atoms with E-state index in [1.54, 1.807) is 7.11 Å². The Morgan fingerprint density at radius 3 is 2.50 bits per heavy atom. The lowest BCUT2D eigenvalue weighted by Crippen LogP contribution is -2.49. The van der Waals surface area contributed by atoms with Crippen molar-refractivity contribution in [2.45, 2.75) is 31.8 Å². The van der Waals surface area contributed by atoms with Crippen LogP contribution in [0.25, 0.3) is 6.08 Å². The van der Waals surface area contributed by atoms with Crippen LogP contribution in [-0.2, 0) is 0 Å². The molecule has 2 amide bonds. The molecule has 170 valence electrons. The fraction of sp³-hybridized carbons (Fsp3) is 0.423. The van der Waals surface area contributed by atoms with Crippen molar-refractivity contribution in [2.24, 2.45) is 0 Å². The molecule has 1 saturated carbocycles. The van der Waals surface area contributed by atoms with Crippen molar-refractivity contribution in [1.82, 2.24) is 9.80 Å². The molecule has 1 N–H and O–H groups in total. The minimum atomic E-state index is -0.0681. The highest BCUT2D eigenvalue weighted by Crippen LogP contribution is 2.34. The zero-order valence-corrected chi connectivity index (χ0v) is 18.8. The Labute approximate surface area is 190 Å². The Morgan fingerprint density at radius 2 is 1.78 bits per heavy atom. The summed E-state index contributed by atoms with van der Waals surface area (Å²) < 4.78 is 11.6. The van der Waals surface area contributed by atoms with E-state index in [0.717, 1.165) is 38.2 Å². The van der Waals surface area contributed by atoms with E-state index >= 15 is 0 Å². The zero-order chi connectivity index (χ0) is 22.2. The van der Waals surface area contributed by atoms with E-state index in [9.17, 15) is 4.79 Å². The van der Waals surface area contributed by atoms with E-state index < -0.39 is 0 Å². The molecule has 1 heterocycles. The lowest BCUT2D eigenvalue weighted by Gasteiger charge is -2.34. The first-order valence-electron chi connectivity index (χ1n) is 11.6. The number of hydrogen-bond acceptors (Lipinski definition) is 4. The van der Waals surface area contributed by atoms with Gasteiger partial charge in [0.2, 0.25) is 0 Å². The Hall–Kier alpha value is -2.99. The summed E-state index contributed by atoms with van der Waals surface area (Å²) in [4.78, 5) is 17.0. The van der Waals surface area contributed by atoms with Crippen LogP contribution in [0.2, 0.25) is 0 Å². The standard InChI is InChI=1S/C26H33N3O3/c1-31-24-14-13-22(20-25(24)32-23-11-5-6-12-23)27-26(30)29-18-16-28(17-19-29)15-7-10-21-8-3-2-4-9-21/h2-4,7-10,13-14,20,23H,5-6,11-12,15-19H2,1H3,(H,27,30). The van der Waals surface area contributed by atoms with Crippen LogP contribution in [0.15, 0.2) is 54.6 Å². The summed E-state index contributed by atoms with van der Waals surface area (Å²) in [6, 6.07) is 15.8. The zero-order valence-electron chi connectivity index (χ0n) is 18.8. The Morgan fingerprint density at radius 1 is 1.03 bits per heavy atom. The molecule has 1 aliphatic carbocycles. The quantitative estimate of drug-likeness (QED) is 0.674. The first-order chi connectivity index (χ1) is 15.7. The van der Waals surface area contributed by atoms with Gasteiger partial charge >= 0.3 is 6.03 Å². The van der Waals surface area contributed by atoms with E-state index in [-0.39, 0.29) is 12.1 Å². The number of ether oxygens (including phenoxy) is 2. The van der Waals surface area contributed by atoms with Gasteiger partial charge in [0.25, 0.3) is 0 Å². The molecular formula is C26H33N3O3. The van der Waals surface area contributed by atoms with Gasteiger partial charge in [-0.25, -0.2) is 4.79 Å². The fourth-order valence-corrected chi connectivity index (χ4v) is 4.27. The summed E-state index contributed by atoms with van der Waals surface area (Å²) in [6.45, 7) is 4.06. The maximum Gasteiger partial charge on any atom is 0.321 e. The lowest BCUT2D eigenvalue weighted by molar-refractivity contribution is 0.156. The van der Waals surface area contributed by atoms with Crippen molar-refractivity contribution in [3.05, 3.63) is 60.2 Å². The Bertz CT molecular complexity index is 902. The molecule has 32 heavy (non-hydrogen) atoms. The van der Waals surface area contributed by atoms with Crippen LogP contribution < -0.4 is 14.8 Å². The third kappa shape index (κ3) is 6.04. The van der Waals surface area contributed by atoms with Crippen LogP contribution in [0.4, 0.5) is 10.5 Å². The largest absolute Gasteiger partial charge is 0.493 e. The number of carbonyl (C=O) groups excluding carboxylic acids is 1. The van der Waals surface area contributed by atoms with Crippen molar-refractivity contribution in [2.75, 3.05) is 45.2 Å². The number of methoxy groups -OCH3 is 1. The van der Waals surface area contributed by atoms with Crippen molar-refractivity contribution in [3.8, 4) is 11.5 Å². The van der Waals surface area contributed by atoms with Crippen LogP contribution in [0.3, 0.4) is 0 Å². The number of urea groups is 1. The smallest absolute Gasteiger partial charge is 0.321 e. The molecule has 2 aliphatic rings. The maximum atomic E-state index is 12.8. The van der Waals surface area contributed by atoms with Gasteiger partial charge < -0.3 is 19.7 Å². The molecule has 6 heteroatoms. The minimum Gasteiger partial charge on any atom is -0.493 e. The van der Waals surface area contributed by atoms with Gasteiger partial charge in [-0.2, -0.15) is 0 Å². The van der Waals surface area contributed by atoms with Crippen LogP contribution >= 0.6 is 0 Å². The van der Waals surface area contributed by atoms with Gasteiger partial charge in [-0.15, -0.1) is 0 Å². The Balaban J connectivity index is 1.26. The monoisotopic (exact) mass is 435 g/mol. The molecule has 0 spiro atoms. The van der Waals surface area contributed by atoms with Gasteiger partial charge in [0, 0.05) is 44.5 Å². The topological polar surface area (TPSA) is 54.0 Å². The van der Waals surface area contributed by atoms with Gasteiger partial charge in [0.05, 0.1) is 13.2 Å². The summed E-state index contributed by atoms with van der Waals surface area (Å²) in [6.07, 6.45) is 9.13. The number of piperazine rings is 1. The molecule has 6 nitrogen and oxygen atoms in total. The van der Waals surface area contributed by atoms with Crippen molar-refractivity contribution in [3.63, 3.8) is 0 Å². The molecule has 0 atom stereocenters. The number of amides is 2. The van der Waals surface area contributed by atoms with Crippen LogP contribution in [0.5, 0.6) is 11.5 Å². The first-order valence-corrected chi connectivity index (χ1v) is 11.6. The van der Waals surface area contributed by atoms with Gasteiger partial charge in [-0.1, -0.05) is 42.5 Å². The minimum absolute atomic E-state index is 0.0681. The Kier molecular flexibility index (Phi) is 7.67. The second kappa shape index (κ2) is 11.0. The average Bonchev–Trinajstić information content (AvgIpc) is 3.33. The number of rotatable bonds is 7. The normalized spacial score (nSPS) is 17.6. The molecular weight excluding hydrogens is 402 g/mol. The molecule has 0 unspecified atom stereocenters. The number of nitrogens with zero attached hydrogens (tertiary/aromatic N) is 2. The number of nitrogens with one attached hydrogen (secondary N) is 1. The summed E-state index contributed by atoms with van der Waals surface area (Å²) in [7, 11) is 1.64. The van der Waals surface area contributed by atoms with E-state index in [1.165, 1.54) is 18.4 Å². The molecule has 2 fully saturated rings. The molecule has 4 rings (SSSR count). The van der Waals surface area contributed by atoms with Crippen LogP contribution in [-0.4, -0.2) is 61.8 Å². The van der Waals surface area contributed by atoms with E-state index in [0.29, 0.717) is 24.6 Å². The van der Waals surface area contributed by atoms with Crippen molar-refractivity contribution in [1.29, 1.82) is 0 Å². The van der Waals surface area contributed by atoms with Crippen LogP contribution in [0, 0.1) is 0 Å². The predicted molar refractivity (Wildman–Crippen MR) is 128 cm³/mol. The molecule has 0 bridgehead atoms.